The van der Waals surface area contributed by atoms with Crippen LogP contribution in [-0.4, -0.2) is 10.1 Å². The van der Waals surface area contributed by atoms with Crippen LogP contribution >= 0.6 is 11.6 Å². The second-order valence-corrected chi connectivity index (χ2v) is 4.34. The summed E-state index contributed by atoms with van der Waals surface area (Å²) < 4.78 is 13.0. The molecule has 1 unspecified atom stereocenters. The van der Waals surface area contributed by atoms with Gasteiger partial charge in [-0.2, -0.15) is 0 Å². The number of hydrogen-bond acceptors (Lipinski definition) is 2. The molecule has 0 aliphatic rings. The number of pyridine rings is 1. The Labute approximate surface area is 104 Å². The van der Waals surface area contributed by atoms with Crippen molar-refractivity contribution in [1.29, 1.82) is 0 Å². The first-order valence-corrected chi connectivity index (χ1v) is 5.49. The van der Waals surface area contributed by atoms with Crippen molar-refractivity contribution in [1.82, 2.24) is 4.98 Å². The molecular weight excluding hydrogens is 241 g/mol. The minimum absolute atomic E-state index is 0.409. The molecule has 0 aliphatic carbocycles. The molecule has 0 bridgehead atoms. The summed E-state index contributed by atoms with van der Waals surface area (Å²) >= 11 is 5.91. The van der Waals surface area contributed by atoms with Gasteiger partial charge in [-0.15, -0.1) is 0 Å². The van der Waals surface area contributed by atoms with Crippen molar-refractivity contribution >= 4 is 11.6 Å². The molecule has 2 nitrogen and oxygen atoms in total. The second kappa shape index (κ2) is 4.82. The lowest BCUT2D eigenvalue weighted by Gasteiger charge is -2.12. The van der Waals surface area contributed by atoms with Crippen LogP contribution < -0.4 is 0 Å². The van der Waals surface area contributed by atoms with Crippen LogP contribution in [0.1, 0.15) is 22.8 Å². The van der Waals surface area contributed by atoms with E-state index in [1.807, 2.05) is 6.92 Å². The zero-order valence-electron chi connectivity index (χ0n) is 9.19. The van der Waals surface area contributed by atoms with E-state index in [0.717, 1.165) is 11.8 Å². The molecular formula is C13H11ClFNO. The smallest absolute Gasteiger partial charge is 0.141 e. The summed E-state index contributed by atoms with van der Waals surface area (Å²) in [5.41, 5.74) is 1.98. The van der Waals surface area contributed by atoms with Gasteiger partial charge in [-0.25, -0.2) is 4.39 Å². The summed E-state index contributed by atoms with van der Waals surface area (Å²) in [6, 6.07) is 6.51. The Hall–Kier alpha value is -1.45. The lowest BCUT2D eigenvalue weighted by atomic mass is 10.0. The molecule has 1 atom stereocenters. The summed E-state index contributed by atoms with van der Waals surface area (Å²) in [7, 11) is 0. The van der Waals surface area contributed by atoms with Crippen molar-refractivity contribution in [2.24, 2.45) is 0 Å². The SMILES string of the molecule is Cc1cc(Cl)cc(C(O)c2cncc(F)c2)c1. The van der Waals surface area contributed by atoms with Crippen LogP contribution in [0.25, 0.3) is 0 Å². The van der Waals surface area contributed by atoms with Crippen molar-refractivity contribution in [3.8, 4) is 0 Å². The van der Waals surface area contributed by atoms with Crippen LogP contribution in [0.5, 0.6) is 0 Å². The Kier molecular flexibility index (Phi) is 3.41. The Morgan fingerprint density at radius 2 is 1.94 bits per heavy atom. The predicted octanol–water partition coefficient (Wildman–Crippen LogP) is 3.26. The van der Waals surface area contributed by atoms with Gasteiger partial charge in [0.15, 0.2) is 0 Å². The lowest BCUT2D eigenvalue weighted by molar-refractivity contribution is 0.219. The number of benzene rings is 1. The molecule has 17 heavy (non-hydrogen) atoms. The number of halogens is 2. The molecule has 4 heteroatoms. The molecule has 1 aromatic carbocycles. The van der Waals surface area contributed by atoms with Crippen molar-refractivity contribution in [3.63, 3.8) is 0 Å². The van der Waals surface area contributed by atoms with Gasteiger partial charge < -0.3 is 5.11 Å². The van der Waals surface area contributed by atoms with E-state index in [1.165, 1.54) is 12.3 Å². The van der Waals surface area contributed by atoms with Crippen LogP contribution in [0.3, 0.4) is 0 Å². The summed E-state index contributed by atoms with van der Waals surface area (Å²) in [4.78, 5) is 3.71. The van der Waals surface area contributed by atoms with Gasteiger partial charge >= 0.3 is 0 Å². The van der Waals surface area contributed by atoms with E-state index in [1.54, 1.807) is 18.2 Å². The van der Waals surface area contributed by atoms with Gasteiger partial charge in [0.25, 0.3) is 0 Å². The second-order valence-electron chi connectivity index (χ2n) is 3.90. The van der Waals surface area contributed by atoms with E-state index in [2.05, 4.69) is 4.98 Å². The Morgan fingerprint density at radius 1 is 1.18 bits per heavy atom. The first-order valence-electron chi connectivity index (χ1n) is 5.12. The van der Waals surface area contributed by atoms with Crippen molar-refractivity contribution < 1.29 is 9.50 Å². The van der Waals surface area contributed by atoms with Gasteiger partial charge in [0, 0.05) is 16.8 Å². The van der Waals surface area contributed by atoms with E-state index in [9.17, 15) is 9.50 Å². The van der Waals surface area contributed by atoms with Gasteiger partial charge in [0.1, 0.15) is 11.9 Å². The standard InChI is InChI=1S/C13H11ClFNO/c1-8-2-9(4-11(14)3-8)13(17)10-5-12(15)7-16-6-10/h2-7,13,17H,1H3. The average molecular weight is 252 g/mol. The molecule has 2 aromatic rings. The molecule has 0 amide bonds. The highest BCUT2D eigenvalue weighted by Gasteiger charge is 2.12. The first-order chi connectivity index (χ1) is 8.06. The number of aliphatic hydroxyl groups is 1. The molecule has 0 radical (unpaired) electrons. The van der Waals surface area contributed by atoms with Crippen molar-refractivity contribution in [2.75, 3.05) is 0 Å². The van der Waals surface area contributed by atoms with Crippen molar-refractivity contribution in [2.45, 2.75) is 13.0 Å². The van der Waals surface area contributed by atoms with Gasteiger partial charge in [-0.3, -0.25) is 4.98 Å². The molecule has 2 rings (SSSR count). The summed E-state index contributed by atoms with van der Waals surface area (Å²) in [6.45, 7) is 1.88. The maximum Gasteiger partial charge on any atom is 0.141 e. The van der Waals surface area contributed by atoms with E-state index in [0.29, 0.717) is 16.1 Å². The topological polar surface area (TPSA) is 33.1 Å². The number of hydrogen-bond donors (Lipinski definition) is 1. The average Bonchev–Trinajstić information content (AvgIpc) is 2.26. The molecule has 0 saturated heterocycles. The van der Waals surface area contributed by atoms with E-state index >= 15 is 0 Å². The number of nitrogens with zero attached hydrogens (tertiary/aromatic N) is 1. The highest BCUT2D eigenvalue weighted by atomic mass is 35.5. The van der Waals surface area contributed by atoms with Crippen LogP contribution in [-0.2, 0) is 0 Å². The van der Waals surface area contributed by atoms with E-state index in [-0.39, 0.29) is 0 Å². The van der Waals surface area contributed by atoms with Crippen LogP contribution in [0.4, 0.5) is 4.39 Å². The largest absolute Gasteiger partial charge is 0.384 e. The molecule has 0 saturated carbocycles. The van der Waals surface area contributed by atoms with Crippen LogP contribution in [0.15, 0.2) is 36.7 Å². The monoisotopic (exact) mass is 251 g/mol. The highest BCUT2D eigenvalue weighted by molar-refractivity contribution is 6.30. The van der Waals surface area contributed by atoms with Gasteiger partial charge in [-0.1, -0.05) is 17.7 Å². The molecule has 0 fully saturated rings. The maximum absolute atomic E-state index is 13.0. The zero-order chi connectivity index (χ0) is 12.4. The van der Waals surface area contributed by atoms with Crippen LogP contribution in [0.2, 0.25) is 5.02 Å². The quantitative estimate of drug-likeness (QED) is 0.889. The third-order valence-corrected chi connectivity index (χ3v) is 2.64. The van der Waals surface area contributed by atoms with Crippen molar-refractivity contribution in [3.05, 3.63) is 64.2 Å². The minimum atomic E-state index is -0.921. The fraction of sp³-hybridized carbons (Fsp3) is 0.154. The summed E-state index contributed by atoms with van der Waals surface area (Å²) in [6.07, 6.45) is 1.61. The van der Waals surface area contributed by atoms with Gasteiger partial charge in [0.05, 0.1) is 6.20 Å². The minimum Gasteiger partial charge on any atom is -0.384 e. The van der Waals surface area contributed by atoms with E-state index in [4.69, 9.17) is 11.6 Å². The normalized spacial score (nSPS) is 12.5. The molecule has 1 heterocycles. The molecule has 1 aromatic heterocycles. The molecule has 88 valence electrons. The Bertz CT molecular complexity index is 524. The van der Waals surface area contributed by atoms with E-state index < -0.39 is 11.9 Å². The molecule has 1 N–H and O–H groups in total. The lowest BCUT2D eigenvalue weighted by Crippen LogP contribution is -2.01. The fourth-order valence-electron chi connectivity index (χ4n) is 1.69. The van der Waals surface area contributed by atoms with Gasteiger partial charge in [0.2, 0.25) is 0 Å². The number of aromatic nitrogens is 1. The molecule has 0 spiro atoms. The Morgan fingerprint density at radius 3 is 2.59 bits per heavy atom. The molecule has 0 aliphatic heterocycles. The number of aryl methyl sites for hydroxylation is 1. The highest BCUT2D eigenvalue weighted by Crippen LogP contribution is 2.25. The Balaban J connectivity index is 2.39. The zero-order valence-corrected chi connectivity index (χ0v) is 9.95. The maximum atomic E-state index is 13.0. The number of aliphatic hydroxyl groups excluding tert-OH is 1. The predicted molar refractivity (Wildman–Crippen MR) is 64.4 cm³/mol. The number of rotatable bonds is 2. The third-order valence-electron chi connectivity index (χ3n) is 2.42. The summed E-state index contributed by atoms with van der Waals surface area (Å²) in [5.74, 6) is -0.472. The first kappa shape index (κ1) is 12.0. The third kappa shape index (κ3) is 2.81. The summed E-state index contributed by atoms with van der Waals surface area (Å²) in [5, 5.41) is 10.6. The van der Waals surface area contributed by atoms with Gasteiger partial charge in [-0.05, 0) is 36.2 Å². The van der Waals surface area contributed by atoms with Crippen LogP contribution in [0, 0.1) is 12.7 Å². The fourth-order valence-corrected chi connectivity index (χ4v) is 1.99.